The second kappa shape index (κ2) is 10.1. The van der Waals surface area contributed by atoms with Gasteiger partial charge in [0.25, 0.3) is 0 Å². The van der Waals surface area contributed by atoms with Crippen molar-refractivity contribution in [2.75, 3.05) is 19.8 Å². The fraction of sp³-hybridized carbons (Fsp3) is 0.600. The summed E-state index contributed by atoms with van der Waals surface area (Å²) in [5, 5.41) is 0. The number of carbonyl (C=O) groups is 2. The van der Waals surface area contributed by atoms with Crippen LogP contribution < -0.4 is 0 Å². The molecule has 0 aromatic rings. The van der Waals surface area contributed by atoms with Gasteiger partial charge < -0.3 is 9.47 Å². The van der Waals surface area contributed by atoms with Crippen molar-refractivity contribution in [3.8, 4) is 0 Å². The second-order valence-electron chi connectivity index (χ2n) is 5.21. The maximum Gasteiger partial charge on any atom is 0.342 e. The van der Waals surface area contributed by atoms with Crippen molar-refractivity contribution in [3.63, 3.8) is 0 Å². The third-order valence-corrected chi connectivity index (χ3v) is 2.03. The lowest BCUT2D eigenvalue weighted by molar-refractivity contribution is -0.319. The van der Waals surface area contributed by atoms with E-state index < -0.39 is 18.0 Å². The molecule has 21 heavy (non-hydrogen) atoms. The first kappa shape index (κ1) is 19.3. The molecule has 0 amide bonds. The quantitative estimate of drug-likeness (QED) is 0.202. The third-order valence-electron chi connectivity index (χ3n) is 2.03. The van der Waals surface area contributed by atoms with E-state index in [1.165, 1.54) is 6.92 Å². The van der Waals surface area contributed by atoms with Crippen LogP contribution in [-0.4, -0.2) is 37.9 Å². The molecule has 0 aromatic heterocycles. The standard InChI is InChI=1S/C15H24O6/c1-10(2)7-18-15(17)13(21-20-8-11(3)4)9-19-14(16)12(5)6/h10,13H,3,5,7-9H2,1-2,4,6H3. The van der Waals surface area contributed by atoms with E-state index >= 15 is 0 Å². The molecule has 120 valence electrons. The fourth-order valence-electron chi connectivity index (χ4n) is 0.968. The van der Waals surface area contributed by atoms with Gasteiger partial charge in [-0.25, -0.2) is 19.4 Å². The number of ether oxygens (including phenoxy) is 2. The summed E-state index contributed by atoms with van der Waals surface area (Å²) in [6.07, 6.45) is -1.15. The number of esters is 2. The minimum absolute atomic E-state index is 0.127. The smallest absolute Gasteiger partial charge is 0.342 e. The van der Waals surface area contributed by atoms with Gasteiger partial charge in [-0.2, -0.15) is 0 Å². The highest BCUT2D eigenvalue weighted by atomic mass is 17.2. The molecule has 0 rings (SSSR count). The van der Waals surface area contributed by atoms with E-state index in [9.17, 15) is 9.59 Å². The summed E-state index contributed by atoms with van der Waals surface area (Å²) in [5.74, 6) is -1.08. The molecule has 0 heterocycles. The zero-order valence-electron chi connectivity index (χ0n) is 13.1. The molecule has 0 aliphatic heterocycles. The molecule has 0 radical (unpaired) electrons. The zero-order valence-corrected chi connectivity index (χ0v) is 13.1. The Balaban J connectivity index is 4.44. The van der Waals surface area contributed by atoms with E-state index in [0.717, 1.165) is 5.57 Å². The second-order valence-corrected chi connectivity index (χ2v) is 5.21. The molecular weight excluding hydrogens is 276 g/mol. The van der Waals surface area contributed by atoms with Crippen LogP contribution in [0.15, 0.2) is 24.3 Å². The zero-order chi connectivity index (χ0) is 16.4. The van der Waals surface area contributed by atoms with Crippen LogP contribution in [0.2, 0.25) is 0 Å². The first-order chi connectivity index (χ1) is 9.73. The Kier molecular flexibility index (Phi) is 9.32. The van der Waals surface area contributed by atoms with Crippen molar-refractivity contribution >= 4 is 11.9 Å². The molecule has 0 saturated heterocycles. The summed E-state index contributed by atoms with van der Waals surface area (Å²) in [6.45, 7) is 14.2. The lowest BCUT2D eigenvalue weighted by atomic mass is 10.2. The monoisotopic (exact) mass is 300 g/mol. The van der Waals surface area contributed by atoms with Crippen molar-refractivity contribution in [1.82, 2.24) is 0 Å². The summed E-state index contributed by atoms with van der Waals surface area (Å²) >= 11 is 0. The van der Waals surface area contributed by atoms with Gasteiger partial charge in [-0.1, -0.05) is 32.6 Å². The van der Waals surface area contributed by atoms with Gasteiger partial charge in [0.1, 0.15) is 13.2 Å². The average molecular weight is 300 g/mol. The molecule has 1 unspecified atom stereocenters. The van der Waals surface area contributed by atoms with Crippen LogP contribution in [0, 0.1) is 5.92 Å². The van der Waals surface area contributed by atoms with Crippen molar-refractivity contribution in [3.05, 3.63) is 24.3 Å². The summed E-state index contributed by atoms with van der Waals surface area (Å²) in [7, 11) is 0. The van der Waals surface area contributed by atoms with Crippen LogP contribution >= 0.6 is 0 Å². The molecule has 0 fully saturated rings. The SMILES string of the molecule is C=C(C)COOC(COC(=O)C(=C)C)C(=O)OCC(C)C. The average Bonchev–Trinajstić information content (AvgIpc) is 2.38. The fourth-order valence-corrected chi connectivity index (χ4v) is 0.968. The highest BCUT2D eigenvalue weighted by Gasteiger charge is 2.25. The topological polar surface area (TPSA) is 71.1 Å². The molecule has 0 N–H and O–H groups in total. The molecule has 0 saturated carbocycles. The first-order valence-electron chi connectivity index (χ1n) is 6.66. The predicted molar refractivity (Wildman–Crippen MR) is 77.2 cm³/mol. The van der Waals surface area contributed by atoms with Crippen LogP contribution in [-0.2, 0) is 28.8 Å². The molecular formula is C15H24O6. The van der Waals surface area contributed by atoms with E-state index in [0.29, 0.717) is 0 Å². The number of hydrogen-bond acceptors (Lipinski definition) is 6. The predicted octanol–water partition coefficient (Wildman–Crippen LogP) is 2.20. The maximum atomic E-state index is 11.8. The third kappa shape index (κ3) is 9.81. The van der Waals surface area contributed by atoms with Crippen molar-refractivity contribution in [2.45, 2.75) is 33.8 Å². The van der Waals surface area contributed by atoms with Gasteiger partial charge in [0.2, 0.25) is 6.10 Å². The van der Waals surface area contributed by atoms with Gasteiger partial charge in [0.05, 0.1) is 6.61 Å². The lowest BCUT2D eigenvalue weighted by Gasteiger charge is -2.16. The molecule has 0 bridgehead atoms. The lowest BCUT2D eigenvalue weighted by Crippen LogP contribution is -2.33. The van der Waals surface area contributed by atoms with Gasteiger partial charge in [-0.05, 0) is 19.8 Å². The van der Waals surface area contributed by atoms with Crippen molar-refractivity contribution in [1.29, 1.82) is 0 Å². The number of rotatable bonds is 10. The maximum absolute atomic E-state index is 11.8. The largest absolute Gasteiger partial charge is 0.463 e. The van der Waals surface area contributed by atoms with Crippen LogP contribution in [0.1, 0.15) is 27.7 Å². The Morgan fingerprint density at radius 2 is 1.67 bits per heavy atom. The van der Waals surface area contributed by atoms with Gasteiger partial charge in [0, 0.05) is 5.57 Å². The summed E-state index contributed by atoms with van der Waals surface area (Å²) in [4.78, 5) is 33.0. The van der Waals surface area contributed by atoms with E-state index in [-0.39, 0.29) is 31.3 Å². The minimum Gasteiger partial charge on any atom is -0.463 e. The van der Waals surface area contributed by atoms with Crippen LogP contribution in [0.5, 0.6) is 0 Å². The molecule has 0 aliphatic rings. The van der Waals surface area contributed by atoms with Crippen molar-refractivity contribution in [2.24, 2.45) is 5.92 Å². The van der Waals surface area contributed by atoms with Crippen LogP contribution in [0.4, 0.5) is 0 Å². The Bertz CT molecular complexity index is 386. The Morgan fingerprint density at radius 3 is 2.14 bits per heavy atom. The Labute approximate surface area is 125 Å². The van der Waals surface area contributed by atoms with E-state index in [4.69, 9.17) is 19.2 Å². The highest BCUT2D eigenvalue weighted by Crippen LogP contribution is 2.04. The van der Waals surface area contributed by atoms with E-state index in [2.05, 4.69) is 13.2 Å². The number of carbonyl (C=O) groups excluding carboxylic acids is 2. The van der Waals surface area contributed by atoms with Crippen molar-refractivity contribution < 1.29 is 28.8 Å². The minimum atomic E-state index is -1.15. The highest BCUT2D eigenvalue weighted by molar-refractivity contribution is 5.87. The molecule has 0 aliphatic carbocycles. The summed E-state index contributed by atoms with van der Waals surface area (Å²) in [6, 6.07) is 0. The van der Waals surface area contributed by atoms with E-state index in [1.54, 1.807) is 6.92 Å². The van der Waals surface area contributed by atoms with Gasteiger partial charge >= 0.3 is 11.9 Å². The Hall–Kier alpha value is -1.66. The molecule has 0 spiro atoms. The Morgan fingerprint density at radius 1 is 1.05 bits per heavy atom. The first-order valence-corrected chi connectivity index (χ1v) is 6.66. The van der Waals surface area contributed by atoms with Gasteiger partial charge in [-0.3, -0.25) is 0 Å². The van der Waals surface area contributed by atoms with Gasteiger partial charge in [-0.15, -0.1) is 0 Å². The number of hydrogen-bond donors (Lipinski definition) is 0. The molecule has 0 aromatic carbocycles. The van der Waals surface area contributed by atoms with Gasteiger partial charge in [0.15, 0.2) is 0 Å². The molecule has 6 nitrogen and oxygen atoms in total. The normalized spacial score (nSPS) is 11.9. The summed E-state index contributed by atoms with van der Waals surface area (Å²) in [5.41, 5.74) is 0.954. The molecule has 6 heteroatoms. The van der Waals surface area contributed by atoms with Crippen LogP contribution in [0.3, 0.4) is 0 Å². The summed E-state index contributed by atoms with van der Waals surface area (Å²) < 4.78 is 9.92. The van der Waals surface area contributed by atoms with Crippen LogP contribution in [0.25, 0.3) is 0 Å². The molecule has 1 atom stereocenters. The van der Waals surface area contributed by atoms with E-state index in [1.807, 2.05) is 13.8 Å².